The van der Waals surface area contributed by atoms with Gasteiger partial charge in [0.15, 0.2) is 0 Å². The van der Waals surface area contributed by atoms with Crippen molar-refractivity contribution >= 4 is 6.20 Å². The van der Waals surface area contributed by atoms with Crippen molar-refractivity contribution in [2.45, 2.75) is 19.8 Å². The SMILES string of the molecule is CCCC=C[n+]1cc[nH]c1. The lowest BCUT2D eigenvalue weighted by Gasteiger charge is -1.81. The summed E-state index contributed by atoms with van der Waals surface area (Å²) in [5, 5.41) is 0. The number of unbranched alkanes of at least 4 members (excludes halogenated alkanes) is 1. The van der Waals surface area contributed by atoms with Crippen LogP contribution in [0.15, 0.2) is 24.8 Å². The number of aromatic nitrogens is 2. The first kappa shape index (κ1) is 7.06. The first-order chi connectivity index (χ1) is 4.93. The normalized spacial score (nSPS) is 10.9. The molecule has 2 nitrogen and oxygen atoms in total. The minimum atomic E-state index is 1.15. The van der Waals surface area contributed by atoms with Crippen LogP contribution in [0.25, 0.3) is 6.20 Å². The molecule has 0 radical (unpaired) electrons. The molecule has 1 heterocycles. The van der Waals surface area contributed by atoms with Crippen LogP contribution in [0.4, 0.5) is 0 Å². The molecule has 0 unspecified atom stereocenters. The molecule has 1 aromatic heterocycles. The van der Waals surface area contributed by atoms with Gasteiger partial charge < -0.3 is 0 Å². The highest BCUT2D eigenvalue weighted by atomic mass is 15.0. The van der Waals surface area contributed by atoms with Crippen molar-refractivity contribution in [3.05, 3.63) is 24.8 Å². The van der Waals surface area contributed by atoms with Gasteiger partial charge in [-0.2, -0.15) is 0 Å². The summed E-state index contributed by atoms with van der Waals surface area (Å²) in [5.41, 5.74) is 0. The number of hydrogen-bond donors (Lipinski definition) is 1. The van der Waals surface area contributed by atoms with E-state index in [9.17, 15) is 0 Å². The molecule has 1 aromatic rings. The van der Waals surface area contributed by atoms with Gasteiger partial charge in [0.25, 0.3) is 0 Å². The predicted octanol–water partition coefficient (Wildman–Crippen LogP) is 1.57. The Morgan fingerprint density at radius 3 is 3.10 bits per heavy atom. The van der Waals surface area contributed by atoms with Crippen LogP contribution >= 0.6 is 0 Å². The fourth-order valence-corrected chi connectivity index (χ4v) is 0.757. The largest absolute Gasteiger partial charge is 0.250 e. The molecule has 1 N–H and O–H groups in total. The van der Waals surface area contributed by atoms with Crippen molar-refractivity contribution < 1.29 is 4.57 Å². The van der Waals surface area contributed by atoms with Gasteiger partial charge in [0, 0.05) is 0 Å². The summed E-state index contributed by atoms with van der Waals surface area (Å²) in [6.07, 6.45) is 12.4. The molecule has 0 aliphatic carbocycles. The van der Waals surface area contributed by atoms with Crippen LogP contribution in [-0.2, 0) is 0 Å². The molecule has 0 bridgehead atoms. The smallest absolute Gasteiger partial charge is 0.246 e. The molecule has 2 heteroatoms. The Labute approximate surface area is 61.2 Å². The Kier molecular flexibility index (Phi) is 2.74. The van der Waals surface area contributed by atoms with E-state index < -0.39 is 0 Å². The minimum Gasteiger partial charge on any atom is -0.250 e. The zero-order valence-electron chi connectivity index (χ0n) is 6.25. The fraction of sp³-hybridized carbons (Fsp3) is 0.375. The molecule has 0 atom stereocenters. The maximum Gasteiger partial charge on any atom is 0.246 e. The van der Waals surface area contributed by atoms with E-state index in [1.807, 2.05) is 23.3 Å². The van der Waals surface area contributed by atoms with Gasteiger partial charge in [0.2, 0.25) is 6.33 Å². The molecule has 0 amide bonds. The van der Waals surface area contributed by atoms with Crippen LogP contribution < -0.4 is 4.57 Å². The molecule has 10 heavy (non-hydrogen) atoms. The van der Waals surface area contributed by atoms with E-state index in [1.54, 1.807) is 0 Å². The maximum absolute atomic E-state index is 2.97. The number of hydrogen-bond acceptors (Lipinski definition) is 0. The molecule has 1 rings (SSSR count). The van der Waals surface area contributed by atoms with Gasteiger partial charge in [-0.25, -0.2) is 9.55 Å². The molecular weight excluding hydrogens is 124 g/mol. The fourth-order valence-electron chi connectivity index (χ4n) is 0.757. The van der Waals surface area contributed by atoms with Crippen LogP contribution in [-0.4, -0.2) is 4.98 Å². The molecule has 0 aromatic carbocycles. The van der Waals surface area contributed by atoms with Crippen molar-refractivity contribution in [3.8, 4) is 0 Å². The summed E-state index contributed by atoms with van der Waals surface area (Å²) < 4.78 is 2.00. The van der Waals surface area contributed by atoms with Crippen molar-refractivity contribution in [2.24, 2.45) is 0 Å². The van der Waals surface area contributed by atoms with Crippen molar-refractivity contribution in [3.63, 3.8) is 0 Å². The highest BCUT2D eigenvalue weighted by Gasteiger charge is 1.86. The Morgan fingerprint density at radius 2 is 2.50 bits per heavy atom. The molecule has 0 saturated carbocycles. The zero-order chi connectivity index (χ0) is 7.23. The zero-order valence-corrected chi connectivity index (χ0v) is 6.25. The van der Waals surface area contributed by atoms with Crippen molar-refractivity contribution in [1.29, 1.82) is 0 Å². The minimum absolute atomic E-state index is 1.15. The maximum atomic E-state index is 2.97. The first-order valence-corrected chi connectivity index (χ1v) is 3.63. The third-order valence-electron chi connectivity index (χ3n) is 1.30. The molecular formula is C8H13N2+. The van der Waals surface area contributed by atoms with Crippen molar-refractivity contribution in [2.75, 3.05) is 0 Å². The second kappa shape index (κ2) is 3.88. The highest BCUT2D eigenvalue weighted by Crippen LogP contribution is 1.86. The number of nitrogens with zero attached hydrogens (tertiary/aromatic N) is 1. The summed E-state index contributed by atoms with van der Waals surface area (Å²) in [4.78, 5) is 2.97. The van der Waals surface area contributed by atoms with Gasteiger partial charge in [-0.1, -0.05) is 13.3 Å². The molecule has 0 spiro atoms. The Bertz CT molecular complexity index is 187. The lowest BCUT2D eigenvalue weighted by atomic mass is 10.3. The second-order valence-electron chi connectivity index (χ2n) is 2.23. The van der Waals surface area contributed by atoms with Crippen LogP contribution in [0.2, 0.25) is 0 Å². The Morgan fingerprint density at radius 1 is 1.60 bits per heavy atom. The number of imidazole rings is 1. The lowest BCUT2D eigenvalue weighted by molar-refractivity contribution is -0.566. The molecule has 54 valence electrons. The van der Waals surface area contributed by atoms with Gasteiger partial charge in [-0.05, 0) is 12.5 Å². The Hall–Kier alpha value is -1.05. The van der Waals surface area contributed by atoms with Crippen LogP contribution in [0.5, 0.6) is 0 Å². The van der Waals surface area contributed by atoms with Crippen molar-refractivity contribution in [1.82, 2.24) is 4.98 Å². The van der Waals surface area contributed by atoms with E-state index in [2.05, 4.69) is 24.2 Å². The van der Waals surface area contributed by atoms with E-state index in [0.717, 1.165) is 6.42 Å². The van der Waals surface area contributed by atoms with Gasteiger partial charge in [0.05, 0.1) is 6.20 Å². The standard InChI is InChI=1S/C8H12N2/c1-2-3-4-6-10-7-5-9-8-10/h4-8H,2-3H2,1H3/p+1. The second-order valence-corrected chi connectivity index (χ2v) is 2.23. The number of allylic oxidation sites excluding steroid dienone is 1. The molecule has 0 aliphatic rings. The Balaban J connectivity index is 2.40. The van der Waals surface area contributed by atoms with Crippen LogP contribution in [0, 0.1) is 0 Å². The van der Waals surface area contributed by atoms with Gasteiger partial charge in [-0.15, -0.1) is 0 Å². The summed E-state index contributed by atoms with van der Waals surface area (Å²) in [5.74, 6) is 0. The summed E-state index contributed by atoms with van der Waals surface area (Å²) in [6, 6.07) is 0. The first-order valence-electron chi connectivity index (χ1n) is 3.63. The van der Waals surface area contributed by atoms with Crippen LogP contribution in [0.3, 0.4) is 0 Å². The van der Waals surface area contributed by atoms with E-state index in [1.165, 1.54) is 6.42 Å². The van der Waals surface area contributed by atoms with E-state index in [4.69, 9.17) is 0 Å². The number of H-pyrrole nitrogens is 1. The summed E-state index contributed by atoms with van der Waals surface area (Å²) in [7, 11) is 0. The summed E-state index contributed by atoms with van der Waals surface area (Å²) >= 11 is 0. The quantitative estimate of drug-likeness (QED) is 0.610. The van der Waals surface area contributed by atoms with Gasteiger partial charge >= 0.3 is 0 Å². The van der Waals surface area contributed by atoms with Gasteiger partial charge in [0.1, 0.15) is 12.4 Å². The molecule has 0 saturated heterocycles. The van der Waals surface area contributed by atoms with E-state index in [-0.39, 0.29) is 0 Å². The number of nitrogens with one attached hydrogen (secondary N) is 1. The predicted molar refractivity (Wildman–Crippen MR) is 41.2 cm³/mol. The monoisotopic (exact) mass is 137 g/mol. The highest BCUT2D eigenvalue weighted by molar-refractivity contribution is 5.04. The third-order valence-corrected chi connectivity index (χ3v) is 1.30. The lowest BCUT2D eigenvalue weighted by Crippen LogP contribution is -2.20. The average molecular weight is 137 g/mol. The number of aromatic amines is 1. The summed E-state index contributed by atoms with van der Waals surface area (Å²) in [6.45, 7) is 2.17. The van der Waals surface area contributed by atoms with E-state index in [0.29, 0.717) is 0 Å². The third kappa shape index (κ3) is 2.05. The molecule has 0 aliphatic heterocycles. The van der Waals surface area contributed by atoms with E-state index >= 15 is 0 Å². The molecule has 0 fully saturated rings. The van der Waals surface area contributed by atoms with Gasteiger partial charge in [-0.3, -0.25) is 0 Å². The topological polar surface area (TPSA) is 19.7 Å². The van der Waals surface area contributed by atoms with Crippen LogP contribution in [0.1, 0.15) is 19.8 Å². The average Bonchev–Trinajstić information content (AvgIpc) is 2.41. The number of rotatable bonds is 3.